The molecule has 178 valence electrons. The summed E-state index contributed by atoms with van der Waals surface area (Å²) in [5.74, 6) is -1.64. The number of allylic oxidation sites excluding steroid dienone is 2. The number of benzene rings is 1. The molecule has 6 nitrogen and oxygen atoms in total. The summed E-state index contributed by atoms with van der Waals surface area (Å²) < 4.78 is 44.0. The van der Waals surface area contributed by atoms with Crippen LogP contribution in [0.2, 0.25) is 0 Å². The summed E-state index contributed by atoms with van der Waals surface area (Å²) in [6.45, 7) is 5.70. The summed E-state index contributed by atoms with van der Waals surface area (Å²) in [5, 5.41) is 6.00. The monoisotopic (exact) mass is 463 g/mol. The van der Waals surface area contributed by atoms with Gasteiger partial charge in [0.1, 0.15) is 5.60 Å². The van der Waals surface area contributed by atoms with Crippen molar-refractivity contribution in [2.75, 3.05) is 13.1 Å². The van der Waals surface area contributed by atoms with E-state index in [-0.39, 0.29) is 31.8 Å². The lowest BCUT2D eigenvalue weighted by molar-refractivity contribution is -0.175. The first kappa shape index (κ1) is 24.5. The number of hydrogen-bond donors (Lipinski definition) is 2. The van der Waals surface area contributed by atoms with Crippen LogP contribution >= 0.6 is 0 Å². The number of carbonyl (C=O) groups is 2. The fraction of sp³-hybridized carbons (Fsp3) is 0.458. The third-order valence-electron chi connectivity index (χ3n) is 5.27. The summed E-state index contributed by atoms with van der Waals surface area (Å²) in [6.07, 6.45) is -1.28. The molecule has 0 saturated heterocycles. The van der Waals surface area contributed by atoms with E-state index in [2.05, 4.69) is 15.6 Å². The maximum absolute atomic E-state index is 13.0. The number of rotatable bonds is 5. The molecule has 1 aromatic carbocycles. The van der Waals surface area contributed by atoms with E-state index in [0.29, 0.717) is 17.5 Å². The van der Waals surface area contributed by atoms with E-state index in [0.717, 1.165) is 16.5 Å². The topological polar surface area (TPSA) is 80.3 Å². The number of fused-ring (bicyclic) bond motifs is 1. The van der Waals surface area contributed by atoms with Gasteiger partial charge in [-0.2, -0.15) is 13.2 Å². The molecule has 1 aromatic heterocycles. The van der Waals surface area contributed by atoms with Gasteiger partial charge < -0.3 is 15.4 Å². The van der Waals surface area contributed by atoms with Crippen LogP contribution in [-0.4, -0.2) is 41.9 Å². The summed E-state index contributed by atoms with van der Waals surface area (Å²) in [6, 6.07) is 7.17. The summed E-state index contributed by atoms with van der Waals surface area (Å²) in [4.78, 5) is 28.5. The molecule has 0 spiro atoms. The second-order valence-corrected chi connectivity index (χ2v) is 9.03. The summed E-state index contributed by atoms with van der Waals surface area (Å²) in [5.41, 5.74) is 2.04. The molecule has 2 N–H and O–H groups in total. The van der Waals surface area contributed by atoms with Crippen LogP contribution in [-0.2, 0) is 4.74 Å². The Morgan fingerprint density at radius 1 is 1.15 bits per heavy atom. The van der Waals surface area contributed by atoms with Crippen molar-refractivity contribution in [1.29, 1.82) is 0 Å². The number of halogens is 3. The van der Waals surface area contributed by atoms with Crippen molar-refractivity contribution in [3.05, 3.63) is 47.7 Å². The van der Waals surface area contributed by atoms with Crippen molar-refractivity contribution in [3.63, 3.8) is 0 Å². The zero-order valence-corrected chi connectivity index (χ0v) is 18.9. The van der Waals surface area contributed by atoms with Crippen molar-refractivity contribution < 1.29 is 27.5 Å². The van der Waals surface area contributed by atoms with Gasteiger partial charge in [-0.05, 0) is 51.7 Å². The second kappa shape index (κ2) is 9.80. The number of ether oxygens (including phenoxy) is 1. The highest BCUT2D eigenvalue weighted by atomic mass is 19.4. The first-order valence-corrected chi connectivity index (χ1v) is 10.8. The van der Waals surface area contributed by atoms with Crippen molar-refractivity contribution in [2.24, 2.45) is 5.92 Å². The molecule has 1 aliphatic rings. The minimum Gasteiger partial charge on any atom is -0.444 e. The van der Waals surface area contributed by atoms with Gasteiger partial charge >= 0.3 is 12.3 Å². The third kappa shape index (κ3) is 6.69. The fourth-order valence-corrected chi connectivity index (χ4v) is 3.68. The quantitative estimate of drug-likeness (QED) is 0.595. The zero-order valence-electron chi connectivity index (χ0n) is 18.9. The Morgan fingerprint density at radius 3 is 2.52 bits per heavy atom. The van der Waals surface area contributed by atoms with E-state index in [9.17, 15) is 22.8 Å². The van der Waals surface area contributed by atoms with Crippen LogP contribution in [0, 0.1) is 5.92 Å². The lowest BCUT2D eigenvalue weighted by atomic mass is 9.85. The van der Waals surface area contributed by atoms with Crippen LogP contribution in [0.3, 0.4) is 0 Å². The highest BCUT2D eigenvalue weighted by Crippen LogP contribution is 2.40. The number of alkyl carbamates (subject to hydrolysis) is 1. The van der Waals surface area contributed by atoms with Gasteiger partial charge in [0.2, 0.25) is 0 Å². The molecular weight excluding hydrogens is 435 g/mol. The summed E-state index contributed by atoms with van der Waals surface area (Å²) >= 11 is 0. The molecule has 0 radical (unpaired) electrons. The van der Waals surface area contributed by atoms with Crippen LogP contribution < -0.4 is 10.6 Å². The average molecular weight is 464 g/mol. The Kier molecular flexibility index (Phi) is 7.29. The zero-order chi connectivity index (χ0) is 24.2. The van der Waals surface area contributed by atoms with Crippen molar-refractivity contribution >= 4 is 28.5 Å². The average Bonchev–Trinajstić information content (AvgIpc) is 2.74. The molecule has 9 heteroatoms. The van der Waals surface area contributed by atoms with Crippen LogP contribution in [0.1, 0.15) is 56.0 Å². The van der Waals surface area contributed by atoms with Crippen LogP contribution in [0.25, 0.3) is 16.5 Å². The molecule has 1 unspecified atom stereocenters. The van der Waals surface area contributed by atoms with Gasteiger partial charge in [-0.3, -0.25) is 9.78 Å². The smallest absolute Gasteiger partial charge is 0.407 e. The molecule has 0 saturated carbocycles. The number of nitrogens with one attached hydrogen (secondary N) is 2. The maximum atomic E-state index is 13.0. The first-order valence-electron chi connectivity index (χ1n) is 10.8. The van der Waals surface area contributed by atoms with Crippen molar-refractivity contribution in [1.82, 2.24) is 15.6 Å². The van der Waals surface area contributed by atoms with Crippen LogP contribution in [0.15, 0.2) is 36.5 Å². The number of alkyl halides is 3. The first-order chi connectivity index (χ1) is 15.4. The normalized spacial score (nSPS) is 16.8. The van der Waals surface area contributed by atoms with Crippen molar-refractivity contribution in [2.45, 2.75) is 51.8 Å². The molecule has 2 amide bonds. The van der Waals surface area contributed by atoms with Gasteiger partial charge in [0.15, 0.2) is 0 Å². The number of para-hydroxylation sites is 1. The third-order valence-corrected chi connectivity index (χ3v) is 5.27. The molecule has 1 heterocycles. The minimum absolute atomic E-state index is 0.0347. The predicted octanol–water partition coefficient (Wildman–Crippen LogP) is 5.24. The summed E-state index contributed by atoms with van der Waals surface area (Å²) in [7, 11) is 0. The second-order valence-electron chi connectivity index (χ2n) is 9.03. The van der Waals surface area contributed by atoms with E-state index in [4.69, 9.17) is 4.74 Å². The van der Waals surface area contributed by atoms with E-state index < -0.39 is 23.8 Å². The van der Waals surface area contributed by atoms with Gasteiger partial charge in [0.05, 0.1) is 17.0 Å². The highest BCUT2D eigenvalue weighted by Gasteiger charge is 2.39. The van der Waals surface area contributed by atoms with E-state index in [1.807, 2.05) is 18.2 Å². The lowest BCUT2D eigenvalue weighted by Crippen LogP contribution is -2.37. The number of amides is 2. The Hall–Kier alpha value is -3.10. The Balaban J connectivity index is 1.63. The number of pyridine rings is 1. The standard InChI is InChI=1S/C24H28F3N3O3/c1-23(2,3)33-22(32)29-12-11-28-21(31)17-13-16-5-4-6-19(20(16)30-14-17)15-7-9-18(10-8-15)24(25,26)27/h4-7,13-14,18H,8-12H2,1-3H3,(H,28,31)(H,29,32). The number of aromatic nitrogens is 1. The molecule has 3 rings (SSSR count). The van der Waals surface area contributed by atoms with Crippen LogP contribution in [0.5, 0.6) is 0 Å². The van der Waals surface area contributed by atoms with Gasteiger partial charge in [-0.15, -0.1) is 0 Å². The lowest BCUT2D eigenvalue weighted by Gasteiger charge is -2.24. The molecule has 1 atom stereocenters. The Bertz CT molecular complexity index is 1060. The highest BCUT2D eigenvalue weighted by molar-refractivity contribution is 5.99. The van der Waals surface area contributed by atoms with E-state index in [1.54, 1.807) is 32.9 Å². The molecular formula is C24H28F3N3O3. The molecule has 2 aromatic rings. The van der Waals surface area contributed by atoms with E-state index in [1.165, 1.54) is 6.20 Å². The predicted molar refractivity (Wildman–Crippen MR) is 120 cm³/mol. The Morgan fingerprint density at radius 2 is 1.88 bits per heavy atom. The van der Waals surface area contributed by atoms with Gasteiger partial charge in [0, 0.05) is 30.2 Å². The number of hydrogen-bond acceptors (Lipinski definition) is 4. The molecule has 33 heavy (non-hydrogen) atoms. The van der Waals surface area contributed by atoms with Gasteiger partial charge in [-0.25, -0.2) is 4.79 Å². The van der Waals surface area contributed by atoms with Gasteiger partial charge in [-0.1, -0.05) is 24.3 Å². The molecule has 0 aliphatic heterocycles. The van der Waals surface area contributed by atoms with E-state index >= 15 is 0 Å². The van der Waals surface area contributed by atoms with Crippen LogP contribution in [0.4, 0.5) is 18.0 Å². The Labute approximate surface area is 190 Å². The fourth-order valence-electron chi connectivity index (χ4n) is 3.68. The maximum Gasteiger partial charge on any atom is 0.407 e. The van der Waals surface area contributed by atoms with Gasteiger partial charge in [0.25, 0.3) is 5.91 Å². The SMILES string of the molecule is CC(C)(C)OC(=O)NCCNC(=O)c1cnc2c(C3=CCC(C(F)(F)F)CC3)cccc2c1. The largest absolute Gasteiger partial charge is 0.444 e. The number of nitrogens with zero attached hydrogens (tertiary/aromatic N) is 1. The minimum atomic E-state index is -4.18. The molecule has 0 fully saturated rings. The number of carbonyl (C=O) groups excluding carboxylic acids is 2. The molecule has 1 aliphatic carbocycles. The molecule has 0 bridgehead atoms. The van der Waals surface area contributed by atoms with Crippen molar-refractivity contribution in [3.8, 4) is 0 Å².